The van der Waals surface area contributed by atoms with Crippen LogP contribution in [0.2, 0.25) is 0 Å². The number of aromatic nitrogens is 1. The maximum absolute atomic E-state index is 11.7. The lowest BCUT2D eigenvalue weighted by Gasteiger charge is -1.97. The van der Waals surface area contributed by atoms with Gasteiger partial charge in [-0.2, -0.15) is 0 Å². The Morgan fingerprint density at radius 2 is 2.22 bits per heavy atom. The lowest BCUT2D eigenvalue weighted by Crippen LogP contribution is -2.07. The summed E-state index contributed by atoms with van der Waals surface area (Å²) in [6.07, 6.45) is 4.99. The molecule has 0 spiro atoms. The highest BCUT2D eigenvalue weighted by Crippen LogP contribution is 2.18. The smallest absolute Gasteiger partial charge is 0.250 e. The fourth-order valence-corrected chi connectivity index (χ4v) is 2.42. The zero-order valence-electron chi connectivity index (χ0n) is 9.68. The zero-order chi connectivity index (χ0) is 13.0. The molecule has 5 heteroatoms. The van der Waals surface area contributed by atoms with Crippen LogP contribution in [0.25, 0.3) is 6.08 Å². The molecule has 0 radical (unpaired) electrons. The highest BCUT2D eigenvalue weighted by Gasteiger charge is 2.02. The van der Waals surface area contributed by atoms with E-state index in [1.165, 1.54) is 17.4 Å². The van der Waals surface area contributed by atoms with Crippen molar-refractivity contribution in [1.82, 2.24) is 4.98 Å². The Morgan fingerprint density at radius 1 is 1.44 bits per heavy atom. The van der Waals surface area contributed by atoms with E-state index in [9.17, 15) is 4.79 Å². The Bertz CT molecular complexity index is 592. The van der Waals surface area contributed by atoms with E-state index in [-0.39, 0.29) is 5.91 Å². The van der Waals surface area contributed by atoms with Gasteiger partial charge >= 0.3 is 0 Å². The summed E-state index contributed by atoms with van der Waals surface area (Å²) in [5, 5.41) is 3.34. The first kappa shape index (κ1) is 13.0. The second-order valence-electron chi connectivity index (χ2n) is 3.62. The maximum Gasteiger partial charge on any atom is 0.250 e. The van der Waals surface area contributed by atoms with Crippen LogP contribution >= 0.6 is 27.3 Å². The molecule has 3 nitrogen and oxygen atoms in total. The second kappa shape index (κ2) is 5.93. The first-order valence-electron chi connectivity index (χ1n) is 5.31. The van der Waals surface area contributed by atoms with E-state index in [1.54, 1.807) is 12.3 Å². The average molecular weight is 323 g/mol. The fraction of sp³-hybridized carbons (Fsp3) is 0.0769. The third kappa shape index (κ3) is 3.51. The third-order valence-corrected chi connectivity index (χ3v) is 3.72. The maximum atomic E-state index is 11.7. The number of benzene rings is 1. The number of amides is 1. The molecule has 1 amide bonds. The zero-order valence-corrected chi connectivity index (χ0v) is 12.1. The number of carbonyl (C=O) groups is 1. The number of halogens is 1. The van der Waals surface area contributed by atoms with Crippen LogP contribution in [0.4, 0.5) is 5.13 Å². The van der Waals surface area contributed by atoms with Gasteiger partial charge in [0.1, 0.15) is 0 Å². The van der Waals surface area contributed by atoms with E-state index < -0.39 is 0 Å². The van der Waals surface area contributed by atoms with Crippen LogP contribution in [-0.4, -0.2) is 10.9 Å². The van der Waals surface area contributed by atoms with E-state index in [1.807, 2.05) is 31.2 Å². The number of rotatable bonds is 3. The Morgan fingerprint density at radius 3 is 2.89 bits per heavy atom. The Balaban J connectivity index is 2.01. The predicted octanol–water partition coefficient (Wildman–Crippen LogP) is 3.87. The molecule has 1 heterocycles. The third-order valence-electron chi connectivity index (χ3n) is 2.17. The largest absolute Gasteiger partial charge is 0.298 e. The fourth-order valence-electron chi connectivity index (χ4n) is 1.34. The van der Waals surface area contributed by atoms with Crippen molar-refractivity contribution in [1.29, 1.82) is 0 Å². The van der Waals surface area contributed by atoms with Crippen LogP contribution in [-0.2, 0) is 4.79 Å². The molecule has 92 valence electrons. The van der Waals surface area contributed by atoms with Crippen molar-refractivity contribution in [2.75, 3.05) is 5.32 Å². The predicted molar refractivity (Wildman–Crippen MR) is 78.7 cm³/mol. The monoisotopic (exact) mass is 322 g/mol. The van der Waals surface area contributed by atoms with Crippen molar-refractivity contribution >= 4 is 44.4 Å². The molecule has 0 atom stereocenters. The first-order valence-corrected chi connectivity index (χ1v) is 6.92. The minimum absolute atomic E-state index is 0.180. The molecule has 0 aliphatic carbocycles. The summed E-state index contributed by atoms with van der Waals surface area (Å²) in [5.74, 6) is -0.180. The number of carbonyl (C=O) groups excluding carboxylic acids is 1. The van der Waals surface area contributed by atoms with Gasteiger partial charge < -0.3 is 0 Å². The molecule has 0 aliphatic heterocycles. The van der Waals surface area contributed by atoms with E-state index in [0.717, 1.165) is 14.9 Å². The van der Waals surface area contributed by atoms with E-state index >= 15 is 0 Å². The average Bonchev–Trinajstić information content (AvgIpc) is 2.74. The highest BCUT2D eigenvalue weighted by molar-refractivity contribution is 9.10. The van der Waals surface area contributed by atoms with Gasteiger partial charge in [0.2, 0.25) is 5.91 Å². The minimum Gasteiger partial charge on any atom is -0.298 e. The molecule has 1 N–H and O–H groups in total. The second-order valence-corrected chi connectivity index (χ2v) is 5.71. The van der Waals surface area contributed by atoms with Gasteiger partial charge in [-0.3, -0.25) is 10.1 Å². The lowest BCUT2D eigenvalue weighted by atomic mass is 10.2. The Hall–Kier alpha value is -1.46. The molecule has 0 fully saturated rings. The highest BCUT2D eigenvalue weighted by atomic mass is 79.9. The minimum atomic E-state index is -0.180. The molecule has 0 saturated heterocycles. The summed E-state index contributed by atoms with van der Waals surface area (Å²) < 4.78 is 0.958. The van der Waals surface area contributed by atoms with Gasteiger partial charge in [-0.05, 0) is 24.6 Å². The van der Waals surface area contributed by atoms with Crippen LogP contribution < -0.4 is 5.32 Å². The van der Waals surface area contributed by atoms with Crippen molar-refractivity contribution in [2.45, 2.75) is 6.92 Å². The van der Waals surface area contributed by atoms with Crippen molar-refractivity contribution in [3.05, 3.63) is 51.5 Å². The normalized spacial score (nSPS) is 10.8. The van der Waals surface area contributed by atoms with Crippen LogP contribution in [0.3, 0.4) is 0 Å². The summed E-state index contributed by atoms with van der Waals surface area (Å²) >= 11 is 4.88. The number of nitrogens with one attached hydrogen (secondary N) is 1. The number of hydrogen-bond acceptors (Lipinski definition) is 3. The summed E-state index contributed by atoms with van der Waals surface area (Å²) in [7, 11) is 0. The standard InChI is InChI=1S/C13H11BrN2OS/c1-9-8-15-13(18-9)16-12(17)7-6-10-4-2-3-5-11(10)14/h2-8H,1H3,(H,15,16,17). The quantitative estimate of drug-likeness (QED) is 0.872. The van der Waals surface area contributed by atoms with Gasteiger partial charge in [-0.25, -0.2) is 4.98 Å². The summed E-state index contributed by atoms with van der Waals surface area (Å²) in [6, 6.07) is 7.72. The number of anilines is 1. The molecule has 18 heavy (non-hydrogen) atoms. The van der Waals surface area contributed by atoms with Gasteiger partial charge in [0, 0.05) is 21.6 Å². The molecule has 0 aliphatic rings. The number of thiazole rings is 1. The molecular formula is C13H11BrN2OS. The van der Waals surface area contributed by atoms with Crippen molar-refractivity contribution in [3.8, 4) is 0 Å². The van der Waals surface area contributed by atoms with Gasteiger partial charge in [-0.1, -0.05) is 34.1 Å². The van der Waals surface area contributed by atoms with Crippen LogP contribution in [0.1, 0.15) is 10.4 Å². The van der Waals surface area contributed by atoms with Crippen LogP contribution in [0.15, 0.2) is 41.0 Å². The molecule has 0 unspecified atom stereocenters. The Kier molecular flexibility index (Phi) is 4.28. The first-order chi connectivity index (χ1) is 8.65. The van der Waals surface area contributed by atoms with Crippen molar-refractivity contribution in [2.24, 2.45) is 0 Å². The molecule has 2 aromatic rings. The van der Waals surface area contributed by atoms with E-state index in [2.05, 4.69) is 26.2 Å². The molecule has 1 aromatic heterocycles. The summed E-state index contributed by atoms with van der Waals surface area (Å²) in [6.45, 7) is 1.95. The Labute approximate surface area is 118 Å². The summed E-state index contributed by atoms with van der Waals surface area (Å²) in [5.41, 5.74) is 0.961. The van der Waals surface area contributed by atoms with E-state index in [0.29, 0.717) is 5.13 Å². The van der Waals surface area contributed by atoms with Crippen molar-refractivity contribution in [3.63, 3.8) is 0 Å². The van der Waals surface area contributed by atoms with E-state index in [4.69, 9.17) is 0 Å². The van der Waals surface area contributed by atoms with Crippen molar-refractivity contribution < 1.29 is 4.79 Å². The number of aryl methyl sites for hydroxylation is 1. The number of hydrogen-bond donors (Lipinski definition) is 1. The van der Waals surface area contributed by atoms with Gasteiger partial charge in [-0.15, -0.1) is 11.3 Å². The lowest BCUT2D eigenvalue weighted by molar-refractivity contribution is -0.111. The topological polar surface area (TPSA) is 42.0 Å². The molecule has 0 bridgehead atoms. The van der Waals surface area contributed by atoms with Gasteiger partial charge in [0.15, 0.2) is 5.13 Å². The van der Waals surface area contributed by atoms with Crippen LogP contribution in [0, 0.1) is 6.92 Å². The summed E-state index contributed by atoms with van der Waals surface area (Å²) in [4.78, 5) is 16.8. The van der Waals surface area contributed by atoms with Gasteiger partial charge in [0.25, 0.3) is 0 Å². The van der Waals surface area contributed by atoms with Crippen LogP contribution in [0.5, 0.6) is 0 Å². The molecular weight excluding hydrogens is 312 g/mol. The molecule has 1 aromatic carbocycles. The van der Waals surface area contributed by atoms with Gasteiger partial charge in [0.05, 0.1) is 0 Å². The molecule has 2 rings (SSSR count). The SMILES string of the molecule is Cc1cnc(NC(=O)C=Cc2ccccc2Br)s1. The molecule has 0 saturated carbocycles. The number of nitrogens with zero attached hydrogens (tertiary/aromatic N) is 1.